The first-order chi connectivity index (χ1) is 4.99. The lowest BCUT2D eigenvalue weighted by Crippen LogP contribution is -2.19. The van der Waals surface area contributed by atoms with Crippen molar-refractivity contribution >= 4 is 6.08 Å². The Morgan fingerprint density at radius 1 is 1.45 bits per heavy atom. The second kappa shape index (κ2) is 4.08. The zero-order chi connectivity index (χ0) is 8.91. The van der Waals surface area contributed by atoms with Crippen molar-refractivity contribution in [3.05, 3.63) is 0 Å². The monoisotopic (exact) mass is 171 g/mol. The highest BCUT2D eigenvalue weighted by Crippen LogP contribution is 2.22. The Balaban J connectivity index is 3.98. The van der Waals surface area contributed by atoms with Crippen LogP contribution in [0.25, 0.3) is 0 Å². The number of carbonyl (C=O) groups excluding carboxylic acids is 1. The van der Waals surface area contributed by atoms with Crippen molar-refractivity contribution in [2.45, 2.75) is 18.6 Å². The Labute approximate surface area is 59.9 Å². The maximum absolute atomic E-state index is 11.6. The van der Waals surface area contributed by atoms with Crippen LogP contribution < -0.4 is 0 Å². The van der Waals surface area contributed by atoms with Gasteiger partial charge in [0.05, 0.1) is 12.5 Å². The molecule has 0 N–H and O–H groups in total. The van der Waals surface area contributed by atoms with E-state index in [2.05, 4.69) is 4.99 Å². The Morgan fingerprint density at radius 3 is 2.27 bits per heavy atom. The third-order valence-electron chi connectivity index (χ3n) is 0.880. The van der Waals surface area contributed by atoms with Crippen LogP contribution in [0.4, 0.5) is 17.6 Å². The molecule has 0 aromatic heterocycles. The van der Waals surface area contributed by atoms with E-state index in [0.29, 0.717) is 0 Å². The minimum absolute atomic E-state index is 0.876. The summed E-state index contributed by atoms with van der Waals surface area (Å²) in [5, 5.41) is 0. The number of isocyanates is 1. The molecule has 2 nitrogen and oxygen atoms in total. The summed E-state index contributed by atoms with van der Waals surface area (Å²) in [6, 6.07) is -1.63. The highest BCUT2D eigenvalue weighted by atomic mass is 19.4. The average molecular weight is 171 g/mol. The molecule has 0 radical (unpaired) electrons. The van der Waals surface area contributed by atoms with Crippen molar-refractivity contribution in [1.82, 2.24) is 0 Å². The largest absolute Gasteiger partial charge is 0.391 e. The summed E-state index contributed by atoms with van der Waals surface area (Å²) in [5.41, 5.74) is 0. The molecular formula is C5H5F4NO. The lowest BCUT2D eigenvalue weighted by Gasteiger charge is -2.08. The van der Waals surface area contributed by atoms with Crippen LogP contribution in [0.2, 0.25) is 0 Å². The lowest BCUT2D eigenvalue weighted by molar-refractivity contribution is -0.138. The summed E-state index contributed by atoms with van der Waals surface area (Å²) in [6.45, 7) is -1.30. The summed E-state index contributed by atoms with van der Waals surface area (Å²) in [5.74, 6) is 0. The summed E-state index contributed by atoms with van der Waals surface area (Å²) < 4.78 is 46.0. The third-order valence-corrected chi connectivity index (χ3v) is 0.880. The third kappa shape index (κ3) is 5.54. The summed E-state index contributed by atoms with van der Waals surface area (Å²) >= 11 is 0. The smallest absolute Gasteiger partial charge is 0.249 e. The van der Waals surface area contributed by atoms with Crippen LogP contribution in [0.3, 0.4) is 0 Å². The van der Waals surface area contributed by atoms with Crippen LogP contribution in [0.5, 0.6) is 0 Å². The van der Waals surface area contributed by atoms with Crippen LogP contribution in [0.15, 0.2) is 4.99 Å². The molecule has 0 aliphatic heterocycles. The fourth-order valence-corrected chi connectivity index (χ4v) is 0.476. The van der Waals surface area contributed by atoms with Gasteiger partial charge in [-0.1, -0.05) is 0 Å². The average Bonchev–Trinajstić information content (AvgIpc) is 1.84. The van der Waals surface area contributed by atoms with Gasteiger partial charge < -0.3 is 0 Å². The second-order valence-corrected chi connectivity index (χ2v) is 1.85. The highest BCUT2D eigenvalue weighted by molar-refractivity contribution is 5.33. The van der Waals surface area contributed by atoms with Crippen molar-refractivity contribution in [2.75, 3.05) is 6.67 Å². The molecular weight excluding hydrogens is 166 g/mol. The molecule has 0 aromatic rings. The van der Waals surface area contributed by atoms with Gasteiger partial charge in [0.1, 0.15) is 6.67 Å². The van der Waals surface area contributed by atoms with Gasteiger partial charge in [-0.25, -0.2) is 9.18 Å². The Kier molecular flexibility index (Phi) is 3.74. The number of nitrogens with zero attached hydrogens (tertiary/aromatic N) is 1. The van der Waals surface area contributed by atoms with Gasteiger partial charge in [0.2, 0.25) is 6.08 Å². The normalized spacial score (nSPS) is 13.8. The Bertz CT molecular complexity index is 160. The first-order valence-electron chi connectivity index (χ1n) is 2.69. The molecule has 0 amide bonds. The zero-order valence-electron chi connectivity index (χ0n) is 5.36. The quantitative estimate of drug-likeness (QED) is 0.360. The van der Waals surface area contributed by atoms with Crippen molar-refractivity contribution in [2.24, 2.45) is 4.99 Å². The molecule has 0 aliphatic rings. The van der Waals surface area contributed by atoms with Crippen LogP contribution in [-0.2, 0) is 4.79 Å². The van der Waals surface area contributed by atoms with Gasteiger partial charge in [-0.3, -0.25) is 0 Å². The minimum atomic E-state index is -4.49. The zero-order valence-corrected chi connectivity index (χ0v) is 5.36. The van der Waals surface area contributed by atoms with Crippen LogP contribution in [0.1, 0.15) is 6.42 Å². The molecule has 0 aliphatic carbocycles. The van der Waals surface area contributed by atoms with E-state index in [1.807, 2.05) is 0 Å². The molecule has 0 saturated heterocycles. The van der Waals surface area contributed by atoms with E-state index in [-0.39, 0.29) is 0 Å². The number of aliphatic imine (C=N–C) groups is 1. The van der Waals surface area contributed by atoms with Crippen molar-refractivity contribution in [1.29, 1.82) is 0 Å². The van der Waals surface area contributed by atoms with E-state index in [4.69, 9.17) is 0 Å². The summed E-state index contributed by atoms with van der Waals surface area (Å²) in [7, 11) is 0. The summed E-state index contributed by atoms with van der Waals surface area (Å²) in [4.78, 5) is 12.1. The molecule has 0 bridgehead atoms. The molecule has 11 heavy (non-hydrogen) atoms. The first kappa shape index (κ1) is 10.1. The maximum atomic E-state index is 11.6. The number of hydrogen-bond acceptors (Lipinski definition) is 2. The van der Waals surface area contributed by atoms with E-state index in [0.717, 1.165) is 6.08 Å². The van der Waals surface area contributed by atoms with Gasteiger partial charge in [0.15, 0.2) is 0 Å². The van der Waals surface area contributed by atoms with Gasteiger partial charge in [-0.05, 0) is 0 Å². The van der Waals surface area contributed by atoms with E-state index in [1.54, 1.807) is 0 Å². The van der Waals surface area contributed by atoms with Gasteiger partial charge in [-0.2, -0.15) is 18.2 Å². The molecule has 0 rings (SSSR count). The fraction of sp³-hybridized carbons (Fsp3) is 0.800. The summed E-state index contributed by atoms with van der Waals surface area (Å²) in [6.07, 6.45) is -5.03. The number of rotatable bonds is 3. The topological polar surface area (TPSA) is 29.4 Å². The number of hydrogen-bond donors (Lipinski definition) is 0. The Morgan fingerprint density at radius 2 is 2.00 bits per heavy atom. The fourth-order valence-electron chi connectivity index (χ4n) is 0.476. The van der Waals surface area contributed by atoms with E-state index in [9.17, 15) is 22.4 Å². The second-order valence-electron chi connectivity index (χ2n) is 1.85. The van der Waals surface area contributed by atoms with E-state index < -0.39 is 25.3 Å². The van der Waals surface area contributed by atoms with Crippen LogP contribution in [0, 0.1) is 0 Å². The predicted molar refractivity (Wildman–Crippen MR) is 28.6 cm³/mol. The van der Waals surface area contributed by atoms with E-state index >= 15 is 0 Å². The minimum Gasteiger partial charge on any atom is -0.249 e. The van der Waals surface area contributed by atoms with Crippen molar-refractivity contribution in [3.63, 3.8) is 0 Å². The number of alkyl halides is 4. The van der Waals surface area contributed by atoms with Crippen LogP contribution >= 0.6 is 0 Å². The molecule has 1 atom stereocenters. The SMILES string of the molecule is O=C=NC(CF)CC(F)(F)F. The van der Waals surface area contributed by atoms with Crippen LogP contribution in [-0.4, -0.2) is 25.0 Å². The molecule has 0 aromatic carbocycles. The molecule has 6 heteroatoms. The van der Waals surface area contributed by atoms with Crippen molar-refractivity contribution in [3.8, 4) is 0 Å². The van der Waals surface area contributed by atoms with Gasteiger partial charge in [-0.15, -0.1) is 0 Å². The molecule has 0 spiro atoms. The maximum Gasteiger partial charge on any atom is 0.391 e. The standard InChI is InChI=1S/C5H5F4NO/c6-2-4(10-3-11)1-5(7,8)9/h4H,1-2H2. The molecule has 64 valence electrons. The van der Waals surface area contributed by atoms with E-state index in [1.165, 1.54) is 0 Å². The highest BCUT2D eigenvalue weighted by Gasteiger charge is 2.31. The van der Waals surface area contributed by atoms with Gasteiger partial charge >= 0.3 is 6.18 Å². The molecule has 0 fully saturated rings. The van der Waals surface area contributed by atoms with Gasteiger partial charge in [0.25, 0.3) is 0 Å². The molecule has 0 saturated carbocycles. The van der Waals surface area contributed by atoms with Gasteiger partial charge in [0, 0.05) is 0 Å². The molecule has 1 unspecified atom stereocenters. The molecule has 0 heterocycles. The number of halogens is 4. The Hall–Kier alpha value is -0.900. The van der Waals surface area contributed by atoms with Crippen molar-refractivity contribution < 1.29 is 22.4 Å². The predicted octanol–water partition coefficient (Wildman–Crippen LogP) is 1.61. The lowest BCUT2D eigenvalue weighted by atomic mass is 10.2. The first-order valence-corrected chi connectivity index (χ1v) is 2.69.